The number of benzene rings is 1. The number of anilines is 1. The second-order valence-electron chi connectivity index (χ2n) is 5.62. The fraction of sp³-hybridized carbons (Fsp3) is 0.412. The minimum Gasteiger partial charge on any atom is -0.356 e. The molecule has 2 heterocycles. The highest BCUT2D eigenvalue weighted by Crippen LogP contribution is 2.30. The van der Waals surface area contributed by atoms with Crippen LogP contribution in [-0.2, 0) is 6.42 Å². The Morgan fingerprint density at radius 3 is 2.76 bits per heavy atom. The number of pyridine rings is 1. The summed E-state index contributed by atoms with van der Waals surface area (Å²) < 4.78 is 0. The summed E-state index contributed by atoms with van der Waals surface area (Å²) in [7, 11) is 0. The number of fused-ring (bicyclic) bond motifs is 1. The molecule has 3 nitrogen and oxygen atoms in total. The SMILES string of the molecule is Cc1cc(Cl)cc2cc(CCC#N)c(N3CCCC3)nc12. The Bertz CT molecular complexity index is 712. The summed E-state index contributed by atoms with van der Waals surface area (Å²) >= 11 is 6.16. The summed E-state index contributed by atoms with van der Waals surface area (Å²) in [4.78, 5) is 7.26. The molecule has 3 rings (SSSR count). The molecule has 1 saturated heterocycles. The van der Waals surface area contributed by atoms with Crippen LogP contribution in [0.4, 0.5) is 5.82 Å². The van der Waals surface area contributed by atoms with E-state index >= 15 is 0 Å². The molecule has 1 fully saturated rings. The molecule has 0 aliphatic carbocycles. The third-order valence-electron chi connectivity index (χ3n) is 4.04. The zero-order valence-electron chi connectivity index (χ0n) is 12.2. The number of aryl methyl sites for hydroxylation is 2. The Balaban J connectivity index is 2.15. The molecule has 1 aliphatic rings. The van der Waals surface area contributed by atoms with Crippen LogP contribution in [0.25, 0.3) is 10.9 Å². The molecule has 108 valence electrons. The maximum absolute atomic E-state index is 8.88. The van der Waals surface area contributed by atoms with E-state index in [0.29, 0.717) is 6.42 Å². The van der Waals surface area contributed by atoms with E-state index in [4.69, 9.17) is 21.8 Å². The van der Waals surface area contributed by atoms with E-state index in [1.807, 2.05) is 19.1 Å². The van der Waals surface area contributed by atoms with E-state index in [1.165, 1.54) is 12.8 Å². The van der Waals surface area contributed by atoms with Gasteiger partial charge in [-0.1, -0.05) is 11.6 Å². The first-order valence-corrected chi connectivity index (χ1v) is 7.78. The van der Waals surface area contributed by atoms with Crippen molar-refractivity contribution in [1.29, 1.82) is 5.26 Å². The summed E-state index contributed by atoms with van der Waals surface area (Å²) in [5.74, 6) is 1.06. The lowest BCUT2D eigenvalue weighted by atomic mass is 10.0. The van der Waals surface area contributed by atoms with E-state index < -0.39 is 0 Å². The van der Waals surface area contributed by atoms with Crippen LogP contribution in [0, 0.1) is 18.3 Å². The maximum Gasteiger partial charge on any atom is 0.132 e. The van der Waals surface area contributed by atoms with Crippen molar-refractivity contribution in [3.05, 3.63) is 34.3 Å². The Morgan fingerprint density at radius 1 is 1.29 bits per heavy atom. The Hall–Kier alpha value is -1.79. The largest absolute Gasteiger partial charge is 0.356 e. The first-order chi connectivity index (χ1) is 10.2. The lowest BCUT2D eigenvalue weighted by Crippen LogP contribution is -2.21. The van der Waals surface area contributed by atoms with Crippen molar-refractivity contribution in [2.24, 2.45) is 0 Å². The summed E-state index contributed by atoms with van der Waals surface area (Å²) in [6, 6.07) is 8.31. The summed E-state index contributed by atoms with van der Waals surface area (Å²) in [6.07, 6.45) is 3.71. The third kappa shape index (κ3) is 2.82. The number of halogens is 1. The van der Waals surface area contributed by atoms with Crippen LogP contribution < -0.4 is 4.90 Å². The lowest BCUT2D eigenvalue weighted by Gasteiger charge is -2.21. The fourth-order valence-corrected chi connectivity index (χ4v) is 3.31. The average Bonchev–Trinajstić information content (AvgIpc) is 2.98. The van der Waals surface area contributed by atoms with E-state index in [1.54, 1.807) is 0 Å². The zero-order valence-corrected chi connectivity index (χ0v) is 13.0. The van der Waals surface area contributed by atoms with Crippen LogP contribution in [0.3, 0.4) is 0 Å². The highest BCUT2D eigenvalue weighted by molar-refractivity contribution is 6.31. The molecule has 2 aromatic rings. The molecule has 0 saturated carbocycles. The van der Waals surface area contributed by atoms with E-state index in [-0.39, 0.29) is 0 Å². The van der Waals surface area contributed by atoms with Gasteiger partial charge in [0, 0.05) is 29.9 Å². The van der Waals surface area contributed by atoms with Crippen LogP contribution >= 0.6 is 11.6 Å². The smallest absolute Gasteiger partial charge is 0.132 e. The molecule has 0 radical (unpaired) electrons. The number of rotatable bonds is 3. The predicted molar refractivity (Wildman–Crippen MR) is 86.9 cm³/mol. The summed E-state index contributed by atoms with van der Waals surface area (Å²) in [5.41, 5.74) is 3.28. The molecule has 0 bridgehead atoms. The molecule has 1 aromatic heterocycles. The van der Waals surface area contributed by atoms with Gasteiger partial charge in [-0.3, -0.25) is 0 Å². The maximum atomic E-state index is 8.88. The average molecular weight is 300 g/mol. The van der Waals surface area contributed by atoms with E-state index in [9.17, 15) is 0 Å². The summed E-state index contributed by atoms with van der Waals surface area (Å²) in [6.45, 7) is 4.17. The number of nitrogens with zero attached hydrogens (tertiary/aromatic N) is 3. The zero-order chi connectivity index (χ0) is 14.8. The molecule has 0 N–H and O–H groups in total. The van der Waals surface area contributed by atoms with Crippen molar-refractivity contribution in [3.63, 3.8) is 0 Å². The second kappa shape index (κ2) is 5.91. The topological polar surface area (TPSA) is 39.9 Å². The van der Waals surface area contributed by atoms with Crippen LogP contribution in [0.5, 0.6) is 0 Å². The van der Waals surface area contributed by atoms with Crippen molar-refractivity contribution in [2.45, 2.75) is 32.6 Å². The van der Waals surface area contributed by atoms with Gasteiger partial charge in [0.25, 0.3) is 0 Å². The first-order valence-electron chi connectivity index (χ1n) is 7.41. The van der Waals surface area contributed by atoms with Gasteiger partial charge in [-0.05, 0) is 55.5 Å². The van der Waals surface area contributed by atoms with Crippen LogP contribution in [0.2, 0.25) is 5.02 Å². The van der Waals surface area contributed by atoms with Crippen LogP contribution in [0.1, 0.15) is 30.4 Å². The Labute approximate surface area is 130 Å². The van der Waals surface area contributed by atoms with Crippen LogP contribution in [0.15, 0.2) is 18.2 Å². The van der Waals surface area contributed by atoms with Gasteiger partial charge in [-0.15, -0.1) is 0 Å². The second-order valence-corrected chi connectivity index (χ2v) is 6.05. The number of aromatic nitrogens is 1. The van der Waals surface area contributed by atoms with E-state index in [0.717, 1.165) is 52.4 Å². The van der Waals surface area contributed by atoms with E-state index in [2.05, 4.69) is 17.0 Å². The molecule has 4 heteroatoms. The molecule has 1 aromatic carbocycles. The first kappa shape index (κ1) is 14.2. The number of hydrogen-bond donors (Lipinski definition) is 0. The molecule has 1 aliphatic heterocycles. The number of nitriles is 1. The Morgan fingerprint density at radius 2 is 2.05 bits per heavy atom. The highest BCUT2D eigenvalue weighted by atomic mass is 35.5. The van der Waals surface area contributed by atoms with Crippen molar-refractivity contribution in [1.82, 2.24) is 4.98 Å². The molecule has 0 atom stereocenters. The summed E-state index contributed by atoms with van der Waals surface area (Å²) in [5, 5.41) is 10.7. The Kier molecular flexibility index (Phi) is 3.98. The van der Waals surface area contributed by atoms with Gasteiger partial charge in [0.05, 0.1) is 11.6 Å². The molecule has 0 spiro atoms. The molecule has 0 amide bonds. The standard InChI is InChI=1S/C17H18ClN3/c1-12-9-15(18)11-14-10-13(5-4-6-19)17(20-16(12)14)21-7-2-3-8-21/h9-11H,2-5,7-8H2,1H3. The van der Waals surface area contributed by atoms with Gasteiger partial charge in [-0.2, -0.15) is 5.26 Å². The van der Waals surface area contributed by atoms with Gasteiger partial charge in [-0.25, -0.2) is 4.98 Å². The normalized spacial score (nSPS) is 14.6. The van der Waals surface area contributed by atoms with Crippen molar-refractivity contribution in [3.8, 4) is 6.07 Å². The van der Waals surface area contributed by atoms with Crippen molar-refractivity contribution >= 4 is 28.3 Å². The minimum absolute atomic E-state index is 0.521. The van der Waals surface area contributed by atoms with Gasteiger partial charge in [0.1, 0.15) is 5.82 Å². The fourth-order valence-electron chi connectivity index (χ4n) is 3.03. The van der Waals surface area contributed by atoms with Gasteiger partial charge < -0.3 is 4.90 Å². The van der Waals surface area contributed by atoms with Gasteiger partial charge >= 0.3 is 0 Å². The molecular formula is C17H18ClN3. The van der Waals surface area contributed by atoms with Crippen molar-refractivity contribution < 1.29 is 0 Å². The molecule has 21 heavy (non-hydrogen) atoms. The quantitative estimate of drug-likeness (QED) is 0.850. The lowest BCUT2D eigenvalue weighted by molar-refractivity contribution is 0.906. The molecule has 0 unspecified atom stereocenters. The van der Waals surface area contributed by atoms with Gasteiger partial charge in [0.2, 0.25) is 0 Å². The highest BCUT2D eigenvalue weighted by Gasteiger charge is 2.18. The van der Waals surface area contributed by atoms with Crippen LogP contribution in [-0.4, -0.2) is 18.1 Å². The number of hydrogen-bond acceptors (Lipinski definition) is 3. The predicted octanol–water partition coefficient (Wildman–Crippen LogP) is 4.25. The molecular weight excluding hydrogens is 282 g/mol. The third-order valence-corrected chi connectivity index (χ3v) is 4.26. The van der Waals surface area contributed by atoms with Crippen molar-refractivity contribution in [2.75, 3.05) is 18.0 Å². The minimum atomic E-state index is 0.521. The monoisotopic (exact) mass is 299 g/mol. The van der Waals surface area contributed by atoms with Gasteiger partial charge in [0.15, 0.2) is 0 Å².